The van der Waals surface area contributed by atoms with Crippen molar-refractivity contribution in [3.05, 3.63) is 11.7 Å². The molecule has 1 aromatic heterocycles. The highest BCUT2D eigenvalue weighted by Crippen LogP contribution is 2.38. The van der Waals surface area contributed by atoms with Crippen molar-refractivity contribution in [2.24, 2.45) is 0 Å². The highest BCUT2D eigenvalue weighted by molar-refractivity contribution is 5.87. The van der Waals surface area contributed by atoms with E-state index in [1.165, 1.54) is 0 Å². The zero-order valence-corrected chi connectivity index (χ0v) is 11.8. The second-order valence-corrected chi connectivity index (χ2v) is 5.96. The van der Waals surface area contributed by atoms with Crippen LogP contribution in [0.15, 0.2) is 4.52 Å². The van der Waals surface area contributed by atoms with Crippen LogP contribution in [0.25, 0.3) is 0 Å². The van der Waals surface area contributed by atoms with E-state index in [-0.39, 0.29) is 12.3 Å². The van der Waals surface area contributed by atoms with Gasteiger partial charge in [-0.2, -0.15) is 4.98 Å². The molecule has 3 rings (SSSR count). The molecule has 0 atom stereocenters. The summed E-state index contributed by atoms with van der Waals surface area (Å²) in [5, 5.41) is 15.7. The minimum Gasteiger partial charge on any atom is -0.480 e. The fraction of sp³-hybridized carbons (Fsp3) is 0.714. The van der Waals surface area contributed by atoms with E-state index in [1.807, 2.05) is 0 Å². The van der Waals surface area contributed by atoms with Gasteiger partial charge in [0.05, 0.1) is 0 Å². The topological polar surface area (TPSA) is 105 Å². The third-order valence-electron chi connectivity index (χ3n) is 4.22. The van der Waals surface area contributed by atoms with Crippen LogP contribution in [0.2, 0.25) is 0 Å². The van der Waals surface area contributed by atoms with Crippen LogP contribution in [-0.2, 0) is 16.0 Å². The lowest BCUT2D eigenvalue weighted by atomic mass is 9.76. The lowest BCUT2D eigenvalue weighted by molar-refractivity contribution is -0.151. The monoisotopic (exact) mass is 293 g/mol. The average Bonchev–Trinajstić information content (AvgIpc) is 3.14. The minimum absolute atomic E-state index is 0.223. The Morgan fingerprint density at radius 1 is 1.38 bits per heavy atom. The Balaban J connectivity index is 1.42. The number of nitrogens with one attached hydrogen (secondary N) is 1. The van der Waals surface area contributed by atoms with E-state index in [0.29, 0.717) is 37.5 Å². The smallest absolute Gasteiger partial charge is 0.329 e. The fourth-order valence-corrected chi connectivity index (χ4v) is 2.53. The van der Waals surface area contributed by atoms with Gasteiger partial charge in [-0.25, -0.2) is 4.79 Å². The Bertz CT molecular complexity index is 546. The predicted octanol–water partition coefficient (Wildman–Crippen LogP) is 1.39. The molecular weight excluding hydrogens is 274 g/mol. The van der Waals surface area contributed by atoms with Gasteiger partial charge >= 0.3 is 5.97 Å². The Labute approximate surface area is 122 Å². The van der Waals surface area contributed by atoms with Gasteiger partial charge in [0.25, 0.3) is 0 Å². The first-order valence-electron chi connectivity index (χ1n) is 7.46. The molecule has 0 radical (unpaired) electrons. The van der Waals surface area contributed by atoms with Crippen molar-refractivity contribution in [2.45, 2.75) is 62.8 Å². The first-order chi connectivity index (χ1) is 10.1. The van der Waals surface area contributed by atoms with E-state index in [9.17, 15) is 9.59 Å². The molecule has 2 N–H and O–H groups in total. The SMILES string of the molecule is O=C(CCCc1nc(C2CC2)no1)NC1(C(=O)O)CCC1. The summed E-state index contributed by atoms with van der Waals surface area (Å²) >= 11 is 0. The highest BCUT2D eigenvalue weighted by Gasteiger charge is 2.45. The Hall–Kier alpha value is -1.92. The van der Waals surface area contributed by atoms with Gasteiger partial charge in [-0.15, -0.1) is 0 Å². The number of carboxylic acid groups (broad SMARTS) is 1. The van der Waals surface area contributed by atoms with E-state index in [0.717, 1.165) is 25.1 Å². The van der Waals surface area contributed by atoms with Crippen LogP contribution >= 0.6 is 0 Å². The number of carbonyl (C=O) groups excluding carboxylic acids is 1. The van der Waals surface area contributed by atoms with Crippen molar-refractivity contribution in [3.8, 4) is 0 Å². The lowest BCUT2D eigenvalue weighted by Crippen LogP contribution is -2.59. The van der Waals surface area contributed by atoms with E-state index < -0.39 is 11.5 Å². The molecule has 0 saturated heterocycles. The molecule has 0 spiro atoms. The van der Waals surface area contributed by atoms with Crippen molar-refractivity contribution in [1.82, 2.24) is 15.5 Å². The third kappa shape index (κ3) is 3.06. The summed E-state index contributed by atoms with van der Waals surface area (Å²) in [5.41, 5.74) is -1.03. The minimum atomic E-state index is -1.03. The van der Waals surface area contributed by atoms with Gasteiger partial charge in [0.1, 0.15) is 5.54 Å². The first-order valence-corrected chi connectivity index (χ1v) is 7.46. The number of nitrogens with zero attached hydrogens (tertiary/aromatic N) is 2. The number of aryl methyl sites for hydroxylation is 1. The molecule has 1 amide bonds. The van der Waals surface area contributed by atoms with Crippen LogP contribution in [0.3, 0.4) is 0 Å². The van der Waals surface area contributed by atoms with Crippen LogP contribution in [0.4, 0.5) is 0 Å². The number of hydrogen-bond donors (Lipinski definition) is 2. The van der Waals surface area contributed by atoms with E-state index in [1.54, 1.807) is 0 Å². The number of amides is 1. The number of aliphatic carboxylic acids is 1. The van der Waals surface area contributed by atoms with Gasteiger partial charge in [-0.1, -0.05) is 5.16 Å². The summed E-state index contributed by atoms with van der Waals surface area (Å²) in [4.78, 5) is 27.3. The molecule has 1 aromatic rings. The Morgan fingerprint density at radius 3 is 2.71 bits per heavy atom. The number of carbonyl (C=O) groups is 2. The summed E-state index contributed by atoms with van der Waals surface area (Å²) in [6.45, 7) is 0. The van der Waals surface area contributed by atoms with Crippen molar-refractivity contribution in [2.75, 3.05) is 0 Å². The molecule has 0 bridgehead atoms. The molecule has 114 valence electrons. The maximum Gasteiger partial charge on any atom is 0.329 e. The highest BCUT2D eigenvalue weighted by atomic mass is 16.5. The fourth-order valence-electron chi connectivity index (χ4n) is 2.53. The van der Waals surface area contributed by atoms with Gasteiger partial charge in [0, 0.05) is 18.8 Å². The van der Waals surface area contributed by atoms with Crippen molar-refractivity contribution in [3.63, 3.8) is 0 Å². The zero-order valence-electron chi connectivity index (χ0n) is 11.8. The zero-order chi connectivity index (χ0) is 14.9. The molecule has 1 heterocycles. The van der Waals surface area contributed by atoms with Gasteiger partial charge < -0.3 is 14.9 Å². The molecule has 0 aromatic carbocycles. The van der Waals surface area contributed by atoms with E-state index in [4.69, 9.17) is 9.63 Å². The molecule has 0 unspecified atom stereocenters. The summed E-state index contributed by atoms with van der Waals surface area (Å²) < 4.78 is 5.13. The second-order valence-electron chi connectivity index (χ2n) is 5.96. The van der Waals surface area contributed by atoms with Crippen LogP contribution in [0, 0.1) is 0 Å². The van der Waals surface area contributed by atoms with Crippen molar-refractivity contribution in [1.29, 1.82) is 0 Å². The molecule has 7 heteroatoms. The summed E-state index contributed by atoms with van der Waals surface area (Å²) in [7, 11) is 0. The maximum atomic E-state index is 11.8. The van der Waals surface area contributed by atoms with E-state index in [2.05, 4.69) is 15.5 Å². The van der Waals surface area contributed by atoms with Crippen LogP contribution < -0.4 is 5.32 Å². The Kier molecular flexibility index (Phi) is 3.65. The quantitative estimate of drug-likeness (QED) is 0.787. The summed E-state index contributed by atoms with van der Waals surface area (Å²) in [5.74, 6) is 0.627. The number of aromatic nitrogens is 2. The molecule has 2 fully saturated rings. The van der Waals surface area contributed by atoms with E-state index >= 15 is 0 Å². The van der Waals surface area contributed by atoms with Gasteiger partial charge in [-0.3, -0.25) is 4.79 Å². The Morgan fingerprint density at radius 2 is 2.14 bits per heavy atom. The largest absolute Gasteiger partial charge is 0.480 e. The number of hydrogen-bond acceptors (Lipinski definition) is 5. The van der Waals surface area contributed by atoms with Crippen molar-refractivity contribution >= 4 is 11.9 Å². The van der Waals surface area contributed by atoms with Crippen molar-refractivity contribution < 1.29 is 19.2 Å². The van der Waals surface area contributed by atoms with Crippen LogP contribution in [0.5, 0.6) is 0 Å². The number of carboxylic acids is 1. The molecule has 2 aliphatic rings. The molecule has 7 nitrogen and oxygen atoms in total. The lowest BCUT2D eigenvalue weighted by Gasteiger charge is -2.38. The maximum absolute atomic E-state index is 11.8. The molecule has 21 heavy (non-hydrogen) atoms. The standard InChI is InChI=1S/C14H19N3O4/c18-10(16-14(13(19)20)7-2-8-14)3-1-4-11-15-12(17-21-11)9-5-6-9/h9H,1-8H2,(H,16,18)(H,19,20). The average molecular weight is 293 g/mol. The van der Waals surface area contributed by atoms with Gasteiger partial charge in [0.2, 0.25) is 11.8 Å². The summed E-state index contributed by atoms with van der Waals surface area (Å²) in [6, 6.07) is 0. The van der Waals surface area contributed by atoms with Crippen LogP contribution in [0.1, 0.15) is 62.6 Å². The second kappa shape index (κ2) is 5.46. The predicted molar refractivity (Wildman–Crippen MR) is 71.6 cm³/mol. The molecule has 2 aliphatic carbocycles. The summed E-state index contributed by atoms with van der Waals surface area (Å²) in [6.07, 6.45) is 5.53. The molecule has 2 saturated carbocycles. The number of rotatable bonds is 7. The third-order valence-corrected chi connectivity index (χ3v) is 4.22. The van der Waals surface area contributed by atoms with Gasteiger partial charge in [0.15, 0.2) is 5.82 Å². The molecule has 0 aliphatic heterocycles. The molecular formula is C14H19N3O4. The first kappa shape index (κ1) is 14.0. The van der Waals surface area contributed by atoms with Crippen LogP contribution in [-0.4, -0.2) is 32.7 Å². The normalized spacial score (nSPS) is 19.8. The van der Waals surface area contributed by atoms with Gasteiger partial charge in [-0.05, 0) is 38.5 Å².